The molecule has 1 fully saturated rings. The number of fused-ring (bicyclic) bond motifs is 1. The van der Waals surface area contributed by atoms with E-state index in [0.717, 1.165) is 22.7 Å². The first-order valence-electron chi connectivity index (χ1n) is 11.4. The highest BCUT2D eigenvalue weighted by atomic mass is 32.1. The van der Waals surface area contributed by atoms with Crippen LogP contribution in [0.15, 0.2) is 36.9 Å². The summed E-state index contributed by atoms with van der Waals surface area (Å²) in [5, 5.41) is 8.58. The third-order valence-corrected chi connectivity index (χ3v) is 7.20. The molecule has 1 aliphatic rings. The third kappa shape index (κ3) is 5.17. The molecule has 1 N–H and O–H groups in total. The van der Waals surface area contributed by atoms with E-state index < -0.39 is 29.9 Å². The van der Waals surface area contributed by atoms with Crippen LogP contribution in [-0.4, -0.2) is 36.6 Å². The van der Waals surface area contributed by atoms with Crippen LogP contribution in [0, 0.1) is 12.8 Å². The minimum absolute atomic E-state index is 0.209. The molecule has 4 aromatic rings. The summed E-state index contributed by atoms with van der Waals surface area (Å²) < 4.78 is 66.7. The molecule has 1 saturated carbocycles. The Bertz CT molecular complexity index is 1450. The molecule has 0 radical (unpaired) electrons. The van der Waals surface area contributed by atoms with E-state index in [9.17, 15) is 26.7 Å². The Balaban J connectivity index is 1.45. The maximum Gasteiger partial charge on any atom is 0.451 e. The normalized spacial score (nSPS) is 16.5. The molecule has 37 heavy (non-hydrogen) atoms. The summed E-state index contributed by atoms with van der Waals surface area (Å²) in [6.07, 6.45) is 0.325. The zero-order valence-corrected chi connectivity index (χ0v) is 20.5. The number of hydrogen-bond acceptors (Lipinski definition) is 6. The van der Waals surface area contributed by atoms with Gasteiger partial charge >= 0.3 is 6.18 Å². The van der Waals surface area contributed by atoms with Gasteiger partial charge in [-0.1, -0.05) is 0 Å². The van der Waals surface area contributed by atoms with Crippen LogP contribution in [-0.2, 0) is 12.7 Å². The van der Waals surface area contributed by atoms with Crippen molar-refractivity contribution < 1.29 is 26.7 Å². The lowest BCUT2D eigenvalue weighted by molar-refractivity contribution is -0.145. The Labute approximate surface area is 211 Å². The minimum atomic E-state index is -4.66. The molecule has 3 aromatic heterocycles. The number of aromatic nitrogens is 5. The Morgan fingerprint density at radius 3 is 2.46 bits per heavy atom. The quantitative estimate of drug-likeness (QED) is 0.314. The van der Waals surface area contributed by atoms with Crippen molar-refractivity contribution in [1.82, 2.24) is 30.0 Å². The van der Waals surface area contributed by atoms with Crippen molar-refractivity contribution in [2.45, 2.75) is 51.4 Å². The highest BCUT2D eigenvalue weighted by Gasteiger charge is 2.45. The number of amides is 1. The van der Waals surface area contributed by atoms with Crippen molar-refractivity contribution in [3.63, 3.8) is 0 Å². The lowest BCUT2D eigenvalue weighted by Gasteiger charge is -2.34. The van der Waals surface area contributed by atoms with Crippen LogP contribution in [0.1, 0.15) is 52.4 Å². The topological polar surface area (TPSA) is 85.6 Å². The Kier molecular flexibility index (Phi) is 6.21. The van der Waals surface area contributed by atoms with Crippen molar-refractivity contribution in [2.75, 3.05) is 0 Å². The predicted octanol–water partition coefficient (Wildman–Crippen LogP) is 5.81. The van der Waals surface area contributed by atoms with Gasteiger partial charge in [0, 0.05) is 64.9 Å². The smallest absolute Gasteiger partial charge is 0.345 e. The van der Waals surface area contributed by atoms with Crippen molar-refractivity contribution in [3.05, 3.63) is 58.7 Å². The Morgan fingerprint density at radius 1 is 1.16 bits per heavy atom. The lowest BCUT2D eigenvalue weighted by atomic mass is 9.81. The number of carbonyl (C=O) groups is 1. The van der Waals surface area contributed by atoms with Crippen molar-refractivity contribution in [3.8, 4) is 10.6 Å². The zero-order chi connectivity index (χ0) is 26.5. The number of benzene rings is 1. The van der Waals surface area contributed by atoms with Crippen molar-refractivity contribution in [1.29, 1.82) is 0 Å². The number of rotatable bonds is 6. The highest BCUT2D eigenvalue weighted by molar-refractivity contribution is 7.15. The second-order valence-corrected chi connectivity index (χ2v) is 10.5. The summed E-state index contributed by atoms with van der Waals surface area (Å²) in [6, 6.07) is 2.63. The number of carbonyl (C=O) groups excluding carboxylic acids is 1. The summed E-state index contributed by atoms with van der Waals surface area (Å²) in [4.78, 5) is 25.3. The van der Waals surface area contributed by atoms with Crippen LogP contribution in [0.5, 0.6) is 0 Å². The molecule has 3 heterocycles. The van der Waals surface area contributed by atoms with Crippen LogP contribution in [0.25, 0.3) is 21.5 Å². The van der Waals surface area contributed by atoms with Gasteiger partial charge in [0.2, 0.25) is 11.7 Å². The van der Waals surface area contributed by atoms with Gasteiger partial charge in [0.25, 0.3) is 5.91 Å². The van der Waals surface area contributed by atoms with Crippen molar-refractivity contribution >= 4 is 28.1 Å². The molecule has 1 unspecified atom stereocenters. The summed E-state index contributed by atoms with van der Waals surface area (Å²) in [5.74, 6) is -4.62. The first kappa shape index (κ1) is 25.2. The SMILES string of the molecule is Cc1cnc(-c2cc(C(=O)NC(C)c3cnc(C(F)(F)F)nc3)cc3c2cnn3CC2CC(F)(F)C2)s1. The monoisotopic (exact) mass is 536 g/mol. The Hall–Kier alpha value is -3.48. The molecular formula is C24H21F5N6OS. The van der Waals surface area contributed by atoms with E-state index in [0.29, 0.717) is 28.2 Å². The first-order chi connectivity index (χ1) is 17.4. The Morgan fingerprint density at radius 2 is 1.86 bits per heavy atom. The van der Waals surface area contributed by atoms with E-state index >= 15 is 0 Å². The average molecular weight is 537 g/mol. The number of aryl methyl sites for hydroxylation is 1. The molecule has 7 nitrogen and oxygen atoms in total. The van der Waals surface area contributed by atoms with Crippen LogP contribution in [0.2, 0.25) is 0 Å². The van der Waals surface area contributed by atoms with E-state index in [4.69, 9.17) is 0 Å². The lowest BCUT2D eigenvalue weighted by Crippen LogP contribution is -2.37. The van der Waals surface area contributed by atoms with Gasteiger partial charge in [-0.2, -0.15) is 18.3 Å². The van der Waals surface area contributed by atoms with Gasteiger partial charge in [0.05, 0.1) is 17.8 Å². The van der Waals surface area contributed by atoms with E-state index in [2.05, 4.69) is 25.4 Å². The molecule has 5 rings (SSSR count). The molecule has 194 valence electrons. The summed E-state index contributed by atoms with van der Waals surface area (Å²) >= 11 is 1.44. The van der Waals surface area contributed by atoms with Gasteiger partial charge in [-0.3, -0.25) is 9.48 Å². The van der Waals surface area contributed by atoms with E-state index in [1.54, 1.807) is 36.1 Å². The largest absolute Gasteiger partial charge is 0.451 e. The van der Waals surface area contributed by atoms with Crippen molar-refractivity contribution in [2.24, 2.45) is 5.92 Å². The molecule has 1 atom stereocenters. The zero-order valence-electron chi connectivity index (χ0n) is 19.7. The number of alkyl halides is 5. The minimum Gasteiger partial charge on any atom is -0.345 e. The maximum atomic E-state index is 13.4. The molecule has 0 spiro atoms. The highest BCUT2D eigenvalue weighted by Crippen LogP contribution is 2.43. The van der Waals surface area contributed by atoms with Crippen LogP contribution >= 0.6 is 11.3 Å². The van der Waals surface area contributed by atoms with Gasteiger partial charge in [0.15, 0.2) is 0 Å². The summed E-state index contributed by atoms with van der Waals surface area (Å²) in [5.41, 5.74) is 1.86. The number of halogens is 5. The number of nitrogens with one attached hydrogen (secondary N) is 1. The van der Waals surface area contributed by atoms with Crippen LogP contribution < -0.4 is 5.32 Å². The van der Waals surface area contributed by atoms with Gasteiger partial charge < -0.3 is 5.32 Å². The molecule has 0 saturated heterocycles. The maximum absolute atomic E-state index is 13.4. The number of thiazole rings is 1. The van der Waals surface area contributed by atoms with Crippen LogP contribution in [0.4, 0.5) is 22.0 Å². The second-order valence-electron chi connectivity index (χ2n) is 9.22. The number of hydrogen-bond donors (Lipinski definition) is 1. The molecule has 13 heteroatoms. The standard InChI is InChI=1S/C24H21F5N6OS/c1-12-7-30-21(37-12)17-3-15(4-19-18(17)10-33-35(19)11-14-5-23(25,26)6-14)20(36)34-13(2)16-8-31-22(32-9-16)24(27,28)29/h3-4,7-10,13-14H,5-6,11H2,1-2H3,(H,34,36). The van der Waals surface area contributed by atoms with Gasteiger partial charge in [-0.25, -0.2) is 23.7 Å². The van der Waals surface area contributed by atoms with Gasteiger partial charge in [-0.15, -0.1) is 11.3 Å². The average Bonchev–Trinajstić information content (AvgIpc) is 3.43. The summed E-state index contributed by atoms with van der Waals surface area (Å²) in [7, 11) is 0. The molecule has 0 aliphatic heterocycles. The van der Waals surface area contributed by atoms with E-state index in [1.807, 2.05) is 6.92 Å². The van der Waals surface area contributed by atoms with Crippen LogP contribution in [0.3, 0.4) is 0 Å². The van der Waals surface area contributed by atoms with Gasteiger partial charge in [-0.05, 0) is 31.9 Å². The fourth-order valence-corrected chi connectivity index (χ4v) is 5.13. The molecule has 1 aliphatic carbocycles. The molecular weight excluding hydrogens is 515 g/mol. The fourth-order valence-electron chi connectivity index (χ4n) is 4.34. The second kappa shape index (κ2) is 9.12. The third-order valence-electron chi connectivity index (χ3n) is 6.26. The fraction of sp³-hybridized carbons (Fsp3) is 0.375. The van der Waals surface area contributed by atoms with E-state index in [1.165, 1.54) is 11.3 Å². The van der Waals surface area contributed by atoms with E-state index in [-0.39, 0.29) is 24.3 Å². The molecule has 0 bridgehead atoms. The summed E-state index contributed by atoms with van der Waals surface area (Å²) in [6.45, 7) is 3.80. The number of nitrogens with zero attached hydrogens (tertiary/aromatic N) is 5. The van der Waals surface area contributed by atoms with Gasteiger partial charge in [0.1, 0.15) is 5.01 Å². The first-order valence-corrected chi connectivity index (χ1v) is 12.2. The predicted molar refractivity (Wildman–Crippen MR) is 126 cm³/mol. The molecule has 1 amide bonds. The molecule has 1 aromatic carbocycles.